The van der Waals surface area contributed by atoms with Gasteiger partial charge in [-0.1, -0.05) is 23.7 Å². The van der Waals surface area contributed by atoms with Crippen LogP contribution in [0.2, 0.25) is 5.02 Å². The van der Waals surface area contributed by atoms with E-state index in [1.54, 1.807) is 0 Å². The SMILES string of the molecule is O=c1[nH]ncc(NCc2cccc3c2OCCCO3)c1Cl. The number of anilines is 1. The number of fused-ring (bicyclic) bond motifs is 1. The van der Waals surface area contributed by atoms with E-state index in [0.29, 0.717) is 25.4 Å². The van der Waals surface area contributed by atoms with Gasteiger partial charge in [0.25, 0.3) is 5.56 Å². The highest BCUT2D eigenvalue weighted by molar-refractivity contribution is 6.32. The summed E-state index contributed by atoms with van der Waals surface area (Å²) < 4.78 is 11.4. The fraction of sp³-hybridized carbons (Fsp3) is 0.286. The molecular weight excluding hydrogens is 294 g/mol. The summed E-state index contributed by atoms with van der Waals surface area (Å²) in [6.07, 6.45) is 2.33. The number of hydrogen-bond acceptors (Lipinski definition) is 5. The summed E-state index contributed by atoms with van der Waals surface area (Å²) in [5.41, 5.74) is 0.992. The Labute approximate surface area is 126 Å². The molecule has 110 valence electrons. The number of H-pyrrole nitrogens is 1. The Hall–Kier alpha value is -2.21. The topological polar surface area (TPSA) is 76.2 Å². The molecule has 21 heavy (non-hydrogen) atoms. The first-order valence-corrected chi connectivity index (χ1v) is 6.98. The van der Waals surface area contributed by atoms with Crippen molar-refractivity contribution >= 4 is 17.3 Å². The van der Waals surface area contributed by atoms with Gasteiger partial charge in [-0.15, -0.1) is 0 Å². The minimum Gasteiger partial charge on any atom is -0.490 e. The number of nitrogens with zero attached hydrogens (tertiary/aromatic N) is 1. The summed E-state index contributed by atoms with van der Waals surface area (Å²) in [7, 11) is 0. The number of halogens is 1. The van der Waals surface area contributed by atoms with E-state index >= 15 is 0 Å². The van der Waals surface area contributed by atoms with Crippen molar-refractivity contribution in [1.29, 1.82) is 0 Å². The molecule has 0 saturated carbocycles. The first-order chi connectivity index (χ1) is 10.3. The summed E-state index contributed by atoms with van der Waals surface area (Å²) in [6.45, 7) is 1.72. The molecule has 0 saturated heterocycles. The third kappa shape index (κ3) is 2.95. The van der Waals surface area contributed by atoms with Crippen molar-refractivity contribution in [3.05, 3.63) is 45.3 Å². The maximum Gasteiger partial charge on any atom is 0.285 e. The Morgan fingerprint density at radius 1 is 1.33 bits per heavy atom. The van der Waals surface area contributed by atoms with Crippen LogP contribution in [0.5, 0.6) is 11.5 Å². The van der Waals surface area contributed by atoms with Crippen molar-refractivity contribution in [2.75, 3.05) is 18.5 Å². The molecule has 1 aromatic heterocycles. The molecule has 0 atom stereocenters. The first-order valence-electron chi connectivity index (χ1n) is 6.60. The van der Waals surface area contributed by atoms with Gasteiger partial charge in [-0.2, -0.15) is 5.10 Å². The van der Waals surface area contributed by atoms with E-state index < -0.39 is 5.56 Å². The normalized spacial score (nSPS) is 13.6. The van der Waals surface area contributed by atoms with E-state index in [2.05, 4.69) is 15.5 Å². The number of benzene rings is 1. The van der Waals surface area contributed by atoms with E-state index in [1.165, 1.54) is 6.20 Å². The van der Waals surface area contributed by atoms with Gasteiger partial charge in [0, 0.05) is 18.5 Å². The summed E-state index contributed by atoms with van der Waals surface area (Å²) >= 11 is 5.93. The molecule has 1 aliphatic heterocycles. The predicted octanol–water partition coefficient (Wildman–Crippen LogP) is 2.20. The van der Waals surface area contributed by atoms with Crippen molar-refractivity contribution in [3.63, 3.8) is 0 Å². The van der Waals surface area contributed by atoms with E-state index in [4.69, 9.17) is 21.1 Å². The average molecular weight is 308 g/mol. The second-order valence-electron chi connectivity index (χ2n) is 4.58. The van der Waals surface area contributed by atoms with Crippen LogP contribution in [-0.4, -0.2) is 23.4 Å². The molecule has 0 amide bonds. The summed E-state index contributed by atoms with van der Waals surface area (Å²) in [6, 6.07) is 5.73. The first kappa shape index (κ1) is 13.8. The van der Waals surface area contributed by atoms with Gasteiger partial charge in [-0.25, -0.2) is 5.10 Å². The zero-order valence-corrected chi connectivity index (χ0v) is 11.9. The lowest BCUT2D eigenvalue weighted by Crippen LogP contribution is -2.12. The van der Waals surface area contributed by atoms with Gasteiger partial charge in [0.1, 0.15) is 5.02 Å². The molecule has 0 fully saturated rings. The molecule has 6 nitrogen and oxygen atoms in total. The van der Waals surface area contributed by atoms with Crippen LogP contribution in [0.1, 0.15) is 12.0 Å². The Morgan fingerprint density at radius 3 is 3.10 bits per heavy atom. The van der Waals surface area contributed by atoms with Gasteiger partial charge in [0.15, 0.2) is 11.5 Å². The maximum absolute atomic E-state index is 11.4. The number of aromatic amines is 1. The van der Waals surface area contributed by atoms with Crippen molar-refractivity contribution in [2.24, 2.45) is 0 Å². The van der Waals surface area contributed by atoms with Crippen LogP contribution in [0.4, 0.5) is 5.69 Å². The van der Waals surface area contributed by atoms with E-state index in [9.17, 15) is 4.79 Å². The lowest BCUT2D eigenvalue weighted by Gasteiger charge is -2.13. The Morgan fingerprint density at radius 2 is 2.19 bits per heavy atom. The van der Waals surface area contributed by atoms with Crippen LogP contribution in [0, 0.1) is 0 Å². The fourth-order valence-corrected chi connectivity index (χ4v) is 2.25. The number of rotatable bonds is 3. The van der Waals surface area contributed by atoms with E-state index in [0.717, 1.165) is 23.5 Å². The largest absolute Gasteiger partial charge is 0.490 e. The molecule has 2 aromatic rings. The second kappa shape index (κ2) is 6.05. The number of hydrogen-bond donors (Lipinski definition) is 2. The quantitative estimate of drug-likeness (QED) is 0.909. The Bertz CT molecular complexity index is 702. The smallest absolute Gasteiger partial charge is 0.285 e. The van der Waals surface area contributed by atoms with Crippen LogP contribution in [0.15, 0.2) is 29.2 Å². The van der Waals surface area contributed by atoms with Gasteiger partial charge in [0.05, 0.1) is 25.1 Å². The molecule has 0 bridgehead atoms. The molecule has 2 heterocycles. The van der Waals surface area contributed by atoms with Gasteiger partial charge < -0.3 is 14.8 Å². The van der Waals surface area contributed by atoms with E-state index in [1.807, 2.05) is 18.2 Å². The van der Waals surface area contributed by atoms with Crippen LogP contribution in [-0.2, 0) is 6.54 Å². The number of aromatic nitrogens is 2. The average Bonchev–Trinajstić information content (AvgIpc) is 2.74. The van der Waals surface area contributed by atoms with Crippen LogP contribution >= 0.6 is 11.6 Å². The molecular formula is C14H14ClN3O3. The number of nitrogens with one attached hydrogen (secondary N) is 2. The van der Waals surface area contributed by atoms with Crippen LogP contribution in [0.25, 0.3) is 0 Å². The minimum absolute atomic E-state index is 0.0872. The molecule has 3 rings (SSSR count). The fourth-order valence-electron chi connectivity index (χ4n) is 2.09. The summed E-state index contributed by atoms with van der Waals surface area (Å²) in [5, 5.41) is 9.17. The maximum atomic E-state index is 11.4. The van der Waals surface area contributed by atoms with Crippen molar-refractivity contribution in [1.82, 2.24) is 10.2 Å². The lowest BCUT2D eigenvalue weighted by atomic mass is 10.2. The summed E-state index contributed by atoms with van der Waals surface area (Å²) in [5.74, 6) is 1.47. The second-order valence-corrected chi connectivity index (χ2v) is 4.95. The van der Waals surface area contributed by atoms with Crippen molar-refractivity contribution < 1.29 is 9.47 Å². The molecule has 7 heteroatoms. The highest BCUT2D eigenvalue weighted by Crippen LogP contribution is 2.33. The standard InChI is InChI=1S/C14H14ClN3O3/c15-12-10(8-17-18-14(12)19)16-7-9-3-1-4-11-13(9)21-6-2-5-20-11/h1,3-4,8H,2,5-7H2,(H2,16,18,19). The zero-order valence-electron chi connectivity index (χ0n) is 11.2. The molecule has 2 N–H and O–H groups in total. The third-order valence-corrected chi connectivity index (χ3v) is 3.49. The molecule has 0 aliphatic carbocycles. The Kier molecular flexibility index (Phi) is 3.96. The Balaban J connectivity index is 1.82. The van der Waals surface area contributed by atoms with Gasteiger partial charge >= 0.3 is 0 Å². The molecule has 1 aliphatic rings. The van der Waals surface area contributed by atoms with Crippen molar-refractivity contribution in [2.45, 2.75) is 13.0 Å². The zero-order chi connectivity index (χ0) is 14.7. The van der Waals surface area contributed by atoms with Gasteiger partial charge in [-0.3, -0.25) is 4.79 Å². The van der Waals surface area contributed by atoms with E-state index in [-0.39, 0.29) is 5.02 Å². The minimum atomic E-state index is -0.423. The summed E-state index contributed by atoms with van der Waals surface area (Å²) in [4.78, 5) is 11.4. The van der Waals surface area contributed by atoms with Crippen molar-refractivity contribution in [3.8, 4) is 11.5 Å². The number of ether oxygens (including phenoxy) is 2. The van der Waals surface area contributed by atoms with Gasteiger partial charge in [0.2, 0.25) is 0 Å². The number of para-hydroxylation sites is 1. The predicted molar refractivity (Wildman–Crippen MR) is 79.2 cm³/mol. The molecule has 0 spiro atoms. The molecule has 1 aromatic carbocycles. The van der Waals surface area contributed by atoms with Crippen LogP contribution < -0.4 is 20.3 Å². The highest BCUT2D eigenvalue weighted by Gasteiger charge is 2.14. The monoisotopic (exact) mass is 307 g/mol. The molecule has 0 unspecified atom stereocenters. The lowest BCUT2D eigenvalue weighted by molar-refractivity contribution is 0.296. The van der Waals surface area contributed by atoms with Crippen LogP contribution in [0.3, 0.4) is 0 Å². The third-order valence-electron chi connectivity index (χ3n) is 3.12. The van der Waals surface area contributed by atoms with Gasteiger partial charge in [-0.05, 0) is 6.07 Å². The molecule has 0 radical (unpaired) electrons. The highest BCUT2D eigenvalue weighted by atomic mass is 35.5.